The lowest BCUT2D eigenvalue weighted by molar-refractivity contribution is -0.389. The van der Waals surface area contributed by atoms with Crippen LogP contribution in [0, 0.1) is 17.0 Å². The van der Waals surface area contributed by atoms with Gasteiger partial charge < -0.3 is 15.8 Å². The van der Waals surface area contributed by atoms with Gasteiger partial charge in [-0.05, 0) is 11.8 Å². The minimum absolute atomic E-state index is 0.0819. The smallest absolute Gasteiger partial charge is 0.358 e. The third kappa shape index (κ3) is 1.78. The number of halogens is 1. The summed E-state index contributed by atoms with van der Waals surface area (Å²) in [6.45, 7) is 2.47. The minimum Gasteiger partial charge on any atom is -0.358 e. The monoisotopic (exact) mass is 204 g/mol. The number of hydrogen-bond donors (Lipinski definition) is 1. The van der Waals surface area contributed by atoms with E-state index in [1.54, 1.807) is 6.92 Å². The van der Waals surface area contributed by atoms with E-state index in [1.165, 1.54) is 4.68 Å². The molecule has 13 heavy (non-hydrogen) atoms. The maximum atomic E-state index is 10.4. The Hall–Kier alpha value is -1.14. The molecule has 0 spiro atoms. The van der Waals surface area contributed by atoms with Crippen LogP contribution in [0.1, 0.15) is 5.69 Å². The van der Waals surface area contributed by atoms with Gasteiger partial charge in [0.2, 0.25) is 0 Å². The summed E-state index contributed by atoms with van der Waals surface area (Å²) in [5, 5.41) is 14.2. The van der Waals surface area contributed by atoms with Crippen molar-refractivity contribution < 1.29 is 4.92 Å². The molecule has 0 aliphatic rings. The van der Waals surface area contributed by atoms with Crippen LogP contribution in [-0.4, -0.2) is 21.2 Å². The largest absolute Gasteiger partial charge is 0.408 e. The predicted molar refractivity (Wildman–Crippen MR) is 47.7 cm³/mol. The Morgan fingerprint density at radius 1 is 1.77 bits per heavy atom. The van der Waals surface area contributed by atoms with Gasteiger partial charge in [0.1, 0.15) is 0 Å². The zero-order valence-corrected chi connectivity index (χ0v) is 7.78. The molecule has 0 saturated carbocycles. The standard InChI is InChI=1S/C6H9ClN4O2/c1-4-5(7)6(11(12)13)9-10(4)3-2-8/h2-3,8H2,1H3. The van der Waals surface area contributed by atoms with Crippen LogP contribution in [-0.2, 0) is 6.54 Å². The Kier molecular flexibility index (Phi) is 2.84. The lowest BCUT2D eigenvalue weighted by Gasteiger charge is -1.93. The van der Waals surface area contributed by atoms with Crippen LogP contribution in [0.15, 0.2) is 0 Å². The highest BCUT2D eigenvalue weighted by atomic mass is 35.5. The van der Waals surface area contributed by atoms with Gasteiger partial charge in [0.15, 0.2) is 5.02 Å². The van der Waals surface area contributed by atoms with Gasteiger partial charge in [-0.15, -0.1) is 0 Å². The van der Waals surface area contributed by atoms with Crippen molar-refractivity contribution >= 4 is 17.4 Å². The number of nitrogens with zero attached hydrogens (tertiary/aromatic N) is 3. The van der Waals surface area contributed by atoms with Gasteiger partial charge in [-0.3, -0.25) is 0 Å². The number of aromatic nitrogens is 2. The Balaban J connectivity index is 3.12. The lowest BCUT2D eigenvalue weighted by atomic mass is 10.4. The Morgan fingerprint density at radius 2 is 2.38 bits per heavy atom. The van der Waals surface area contributed by atoms with E-state index in [1.807, 2.05) is 0 Å². The molecule has 0 unspecified atom stereocenters. The molecule has 0 saturated heterocycles. The zero-order chi connectivity index (χ0) is 10.0. The molecule has 2 N–H and O–H groups in total. The molecule has 0 fully saturated rings. The third-order valence-electron chi connectivity index (χ3n) is 1.63. The summed E-state index contributed by atoms with van der Waals surface area (Å²) >= 11 is 5.68. The summed E-state index contributed by atoms with van der Waals surface area (Å²) in [6, 6.07) is 0. The summed E-state index contributed by atoms with van der Waals surface area (Å²) in [6.07, 6.45) is 0. The van der Waals surface area contributed by atoms with Crippen LogP contribution >= 0.6 is 11.6 Å². The summed E-state index contributed by atoms with van der Waals surface area (Å²) in [5.41, 5.74) is 5.86. The van der Waals surface area contributed by atoms with Crippen LogP contribution in [0.5, 0.6) is 0 Å². The van der Waals surface area contributed by atoms with Crippen LogP contribution < -0.4 is 5.73 Å². The predicted octanol–water partition coefficient (Wildman–Crippen LogP) is 0.712. The van der Waals surface area contributed by atoms with Gasteiger partial charge in [0.25, 0.3) is 0 Å². The zero-order valence-electron chi connectivity index (χ0n) is 7.03. The molecule has 72 valence electrons. The fourth-order valence-corrected chi connectivity index (χ4v) is 1.17. The molecule has 0 atom stereocenters. The summed E-state index contributed by atoms with van der Waals surface area (Å²) in [7, 11) is 0. The summed E-state index contributed by atoms with van der Waals surface area (Å²) in [5.74, 6) is -0.312. The van der Waals surface area contributed by atoms with Crippen LogP contribution in [0.2, 0.25) is 5.02 Å². The van der Waals surface area contributed by atoms with Crippen molar-refractivity contribution in [2.45, 2.75) is 13.5 Å². The minimum atomic E-state index is -0.609. The fraction of sp³-hybridized carbons (Fsp3) is 0.500. The average Bonchev–Trinajstić information content (AvgIpc) is 2.33. The Morgan fingerprint density at radius 3 is 2.77 bits per heavy atom. The van der Waals surface area contributed by atoms with Crippen LogP contribution in [0.3, 0.4) is 0 Å². The van der Waals surface area contributed by atoms with Crippen LogP contribution in [0.25, 0.3) is 0 Å². The summed E-state index contributed by atoms with van der Waals surface area (Å²) in [4.78, 5) is 9.80. The molecule has 1 aromatic heterocycles. The number of nitrogens with two attached hydrogens (primary N) is 1. The van der Waals surface area contributed by atoms with E-state index >= 15 is 0 Å². The van der Waals surface area contributed by atoms with E-state index in [0.717, 1.165) is 0 Å². The normalized spacial score (nSPS) is 10.4. The maximum absolute atomic E-state index is 10.4. The van der Waals surface area contributed by atoms with Gasteiger partial charge in [0, 0.05) is 6.54 Å². The molecule has 0 amide bonds. The first kappa shape index (κ1) is 9.94. The molecule has 1 rings (SSSR count). The average molecular weight is 205 g/mol. The third-order valence-corrected chi connectivity index (χ3v) is 2.07. The number of nitro groups is 1. The number of rotatable bonds is 3. The van der Waals surface area contributed by atoms with Crippen LogP contribution in [0.4, 0.5) is 5.82 Å². The first-order valence-corrected chi connectivity index (χ1v) is 4.03. The van der Waals surface area contributed by atoms with Crippen molar-refractivity contribution in [3.63, 3.8) is 0 Å². The van der Waals surface area contributed by atoms with Crippen molar-refractivity contribution in [1.29, 1.82) is 0 Å². The molecular weight excluding hydrogens is 196 g/mol. The van der Waals surface area contributed by atoms with Gasteiger partial charge in [-0.25, -0.2) is 0 Å². The quantitative estimate of drug-likeness (QED) is 0.580. The fourth-order valence-electron chi connectivity index (χ4n) is 0.965. The highest BCUT2D eigenvalue weighted by Gasteiger charge is 2.22. The van der Waals surface area contributed by atoms with E-state index in [0.29, 0.717) is 18.8 Å². The van der Waals surface area contributed by atoms with E-state index in [-0.39, 0.29) is 10.8 Å². The van der Waals surface area contributed by atoms with Gasteiger partial charge in [0.05, 0.1) is 17.3 Å². The Labute approximate surface area is 79.4 Å². The van der Waals surface area contributed by atoms with Crippen molar-refractivity contribution in [2.24, 2.45) is 5.73 Å². The Bertz CT molecular complexity index is 336. The molecule has 0 aliphatic heterocycles. The van der Waals surface area contributed by atoms with Gasteiger partial charge in [-0.2, -0.15) is 4.68 Å². The molecule has 0 bridgehead atoms. The van der Waals surface area contributed by atoms with Crippen molar-refractivity contribution in [3.05, 3.63) is 20.8 Å². The van der Waals surface area contributed by atoms with Crippen molar-refractivity contribution in [3.8, 4) is 0 Å². The second-order valence-electron chi connectivity index (χ2n) is 2.49. The molecule has 0 aliphatic carbocycles. The van der Waals surface area contributed by atoms with E-state index in [9.17, 15) is 10.1 Å². The highest BCUT2D eigenvalue weighted by Crippen LogP contribution is 2.25. The molecule has 0 aromatic carbocycles. The van der Waals surface area contributed by atoms with Gasteiger partial charge >= 0.3 is 5.82 Å². The molecular formula is C6H9ClN4O2. The lowest BCUT2D eigenvalue weighted by Crippen LogP contribution is -2.12. The maximum Gasteiger partial charge on any atom is 0.408 e. The molecule has 1 heterocycles. The first-order valence-electron chi connectivity index (χ1n) is 3.65. The molecule has 1 aromatic rings. The van der Waals surface area contributed by atoms with E-state index in [4.69, 9.17) is 17.3 Å². The molecule has 6 nitrogen and oxygen atoms in total. The number of hydrogen-bond acceptors (Lipinski definition) is 4. The van der Waals surface area contributed by atoms with E-state index in [2.05, 4.69) is 5.10 Å². The molecule has 0 radical (unpaired) electrons. The second kappa shape index (κ2) is 3.71. The van der Waals surface area contributed by atoms with E-state index < -0.39 is 4.92 Å². The first-order chi connectivity index (χ1) is 6.07. The summed E-state index contributed by atoms with van der Waals surface area (Å²) < 4.78 is 1.43. The molecule has 7 heteroatoms. The SMILES string of the molecule is Cc1c(Cl)c([N+](=O)[O-])nn1CCN. The van der Waals surface area contributed by atoms with Crippen molar-refractivity contribution in [1.82, 2.24) is 9.78 Å². The van der Waals surface area contributed by atoms with Gasteiger partial charge in [-0.1, -0.05) is 11.6 Å². The second-order valence-corrected chi connectivity index (χ2v) is 2.87. The topological polar surface area (TPSA) is 87.0 Å². The highest BCUT2D eigenvalue weighted by molar-refractivity contribution is 6.33. The van der Waals surface area contributed by atoms with Crippen molar-refractivity contribution in [2.75, 3.05) is 6.54 Å².